The second-order valence-corrected chi connectivity index (χ2v) is 2.63. The van der Waals surface area contributed by atoms with E-state index < -0.39 is 22.8 Å². The molecule has 1 rings (SSSR count). The van der Waals surface area contributed by atoms with Gasteiger partial charge in [0, 0.05) is 11.6 Å². The summed E-state index contributed by atoms with van der Waals surface area (Å²) in [5.41, 5.74) is -1.09. The lowest BCUT2D eigenvalue weighted by Gasteiger charge is -2.04. The van der Waals surface area contributed by atoms with E-state index in [1.165, 1.54) is 12.1 Å². The SMILES string of the molecule is N#CCc1c(C#N)c(F)cc(F)c1C#N. The summed E-state index contributed by atoms with van der Waals surface area (Å²) in [6.07, 6.45) is -0.375. The van der Waals surface area contributed by atoms with Crippen LogP contribution in [0.4, 0.5) is 8.78 Å². The molecule has 0 unspecified atom stereocenters. The Balaban J connectivity index is 3.64. The van der Waals surface area contributed by atoms with Gasteiger partial charge in [0.15, 0.2) is 0 Å². The van der Waals surface area contributed by atoms with Crippen LogP contribution in [-0.4, -0.2) is 0 Å². The largest absolute Gasteiger partial charge is 0.205 e. The molecular formula is C10H3F2N3. The van der Waals surface area contributed by atoms with E-state index in [1.807, 2.05) is 0 Å². The maximum Gasteiger partial charge on any atom is 0.144 e. The van der Waals surface area contributed by atoms with Gasteiger partial charge >= 0.3 is 0 Å². The van der Waals surface area contributed by atoms with Gasteiger partial charge in [0.1, 0.15) is 23.8 Å². The minimum absolute atomic E-state index is 0.194. The Kier molecular flexibility index (Phi) is 2.96. The van der Waals surface area contributed by atoms with Crippen LogP contribution in [-0.2, 0) is 6.42 Å². The third-order valence-corrected chi connectivity index (χ3v) is 1.81. The van der Waals surface area contributed by atoms with Gasteiger partial charge in [0.2, 0.25) is 0 Å². The molecule has 0 radical (unpaired) electrons. The Morgan fingerprint density at radius 3 is 1.80 bits per heavy atom. The van der Waals surface area contributed by atoms with Crippen molar-refractivity contribution in [1.29, 1.82) is 15.8 Å². The number of halogens is 2. The van der Waals surface area contributed by atoms with Gasteiger partial charge in [-0.05, 0) is 0 Å². The second kappa shape index (κ2) is 4.17. The zero-order chi connectivity index (χ0) is 11.4. The predicted octanol–water partition coefficient (Wildman–Crippen LogP) is 1.77. The first-order chi connectivity index (χ1) is 7.15. The van der Waals surface area contributed by atoms with Crippen molar-refractivity contribution in [2.75, 3.05) is 0 Å². The van der Waals surface area contributed by atoms with E-state index in [0.717, 1.165) is 0 Å². The minimum atomic E-state index is -1.06. The lowest BCUT2D eigenvalue weighted by atomic mass is 9.99. The zero-order valence-corrected chi connectivity index (χ0v) is 7.38. The predicted molar refractivity (Wildman–Crippen MR) is 45.1 cm³/mol. The van der Waals surface area contributed by atoms with Gasteiger partial charge in [0.25, 0.3) is 0 Å². The third kappa shape index (κ3) is 1.75. The highest BCUT2D eigenvalue weighted by molar-refractivity contribution is 5.50. The smallest absolute Gasteiger partial charge is 0.144 e. The maximum absolute atomic E-state index is 13.1. The van der Waals surface area contributed by atoms with Crippen LogP contribution in [0.1, 0.15) is 16.7 Å². The summed E-state index contributed by atoms with van der Waals surface area (Å²) >= 11 is 0. The average molecular weight is 203 g/mol. The Hall–Kier alpha value is -2.45. The highest BCUT2D eigenvalue weighted by atomic mass is 19.1. The summed E-state index contributed by atoms with van der Waals surface area (Å²) in [4.78, 5) is 0. The summed E-state index contributed by atoms with van der Waals surface area (Å²) in [6, 6.07) is 5.14. The summed E-state index contributed by atoms with van der Waals surface area (Å²) in [5.74, 6) is -2.11. The van der Waals surface area contributed by atoms with Gasteiger partial charge in [-0.25, -0.2) is 8.78 Å². The first-order valence-corrected chi connectivity index (χ1v) is 3.83. The van der Waals surface area contributed by atoms with Crippen LogP contribution in [0, 0.1) is 45.6 Å². The van der Waals surface area contributed by atoms with Gasteiger partial charge in [-0.15, -0.1) is 0 Å². The third-order valence-electron chi connectivity index (χ3n) is 1.81. The van der Waals surface area contributed by atoms with Crippen molar-refractivity contribution >= 4 is 0 Å². The van der Waals surface area contributed by atoms with Crippen molar-refractivity contribution in [2.24, 2.45) is 0 Å². The zero-order valence-electron chi connectivity index (χ0n) is 7.38. The highest BCUT2D eigenvalue weighted by Gasteiger charge is 2.17. The Morgan fingerprint density at radius 1 is 1.00 bits per heavy atom. The molecule has 0 aromatic heterocycles. The van der Waals surface area contributed by atoms with Crippen molar-refractivity contribution in [1.82, 2.24) is 0 Å². The fourth-order valence-corrected chi connectivity index (χ4v) is 1.17. The minimum Gasteiger partial charge on any atom is -0.205 e. The van der Waals surface area contributed by atoms with Crippen LogP contribution >= 0.6 is 0 Å². The van der Waals surface area contributed by atoms with Crippen molar-refractivity contribution in [3.05, 3.63) is 34.4 Å². The molecule has 0 saturated heterocycles. The van der Waals surface area contributed by atoms with Crippen molar-refractivity contribution in [2.45, 2.75) is 6.42 Å². The van der Waals surface area contributed by atoms with E-state index in [9.17, 15) is 8.78 Å². The summed E-state index contributed by atoms with van der Waals surface area (Å²) in [6.45, 7) is 0. The molecule has 0 amide bonds. The lowest BCUT2D eigenvalue weighted by molar-refractivity contribution is 0.575. The highest BCUT2D eigenvalue weighted by Crippen LogP contribution is 2.21. The molecule has 72 valence electrons. The maximum atomic E-state index is 13.1. The van der Waals surface area contributed by atoms with Crippen molar-refractivity contribution in [3.8, 4) is 18.2 Å². The summed E-state index contributed by atoms with van der Waals surface area (Å²) in [5, 5.41) is 25.6. The molecule has 0 N–H and O–H groups in total. The molecule has 0 atom stereocenters. The van der Waals surface area contributed by atoms with E-state index in [0.29, 0.717) is 6.07 Å². The Bertz CT molecular complexity index is 491. The molecule has 0 aliphatic heterocycles. The lowest BCUT2D eigenvalue weighted by Crippen LogP contribution is -2.01. The Morgan fingerprint density at radius 2 is 1.47 bits per heavy atom. The van der Waals surface area contributed by atoms with E-state index in [-0.39, 0.29) is 12.0 Å². The molecule has 1 aromatic carbocycles. The van der Waals surface area contributed by atoms with E-state index in [4.69, 9.17) is 15.8 Å². The van der Waals surface area contributed by atoms with Crippen LogP contribution < -0.4 is 0 Å². The molecule has 0 bridgehead atoms. The molecular weight excluding hydrogens is 200 g/mol. The number of rotatable bonds is 1. The fraction of sp³-hybridized carbons (Fsp3) is 0.100. The Labute approximate surface area is 84.4 Å². The van der Waals surface area contributed by atoms with Gasteiger partial charge in [-0.3, -0.25) is 0 Å². The summed E-state index contributed by atoms with van der Waals surface area (Å²) < 4.78 is 26.1. The van der Waals surface area contributed by atoms with Crippen LogP contribution in [0.15, 0.2) is 6.07 Å². The van der Waals surface area contributed by atoms with Gasteiger partial charge in [-0.2, -0.15) is 15.8 Å². The number of hydrogen-bond acceptors (Lipinski definition) is 3. The second-order valence-electron chi connectivity index (χ2n) is 2.63. The molecule has 0 saturated carbocycles. The molecule has 0 aliphatic rings. The molecule has 3 nitrogen and oxygen atoms in total. The molecule has 1 aromatic rings. The topological polar surface area (TPSA) is 71.4 Å². The van der Waals surface area contributed by atoms with Crippen molar-refractivity contribution < 1.29 is 8.78 Å². The van der Waals surface area contributed by atoms with Gasteiger partial charge in [0.05, 0.1) is 23.6 Å². The van der Waals surface area contributed by atoms with E-state index in [1.54, 1.807) is 6.07 Å². The van der Waals surface area contributed by atoms with Gasteiger partial charge in [-0.1, -0.05) is 0 Å². The fourth-order valence-electron chi connectivity index (χ4n) is 1.17. The number of nitrogens with zero attached hydrogens (tertiary/aromatic N) is 3. The van der Waals surface area contributed by atoms with E-state index >= 15 is 0 Å². The van der Waals surface area contributed by atoms with Crippen LogP contribution in [0.25, 0.3) is 0 Å². The van der Waals surface area contributed by atoms with Crippen molar-refractivity contribution in [3.63, 3.8) is 0 Å². The first-order valence-electron chi connectivity index (χ1n) is 3.83. The average Bonchev–Trinajstić information content (AvgIpc) is 2.18. The molecule has 0 heterocycles. The standard InChI is InChI=1S/C10H3F2N3/c11-9-3-10(12)8(5-15)6(1-2-13)7(9)4-14/h3H,1H2. The molecule has 0 spiro atoms. The quantitative estimate of drug-likeness (QED) is 0.698. The number of nitriles is 3. The van der Waals surface area contributed by atoms with Gasteiger partial charge < -0.3 is 0 Å². The van der Waals surface area contributed by atoms with E-state index in [2.05, 4.69) is 0 Å². The summed E-state index contributed by atoms with van der Waals surface area (Å²) in [7, 11) is 0. The number of benzene rings is 1. The van der Waals surface area contributed by atoms with Crippen LogP contribution in [0.2, 0.25) is 0 Å². The molecule has 0 fully saturated rings. The first kappa shape index (κ1) is 10.6. The van der Waals surface area contributed by atoms with Crippen LogP contribution in [0.3, 0.4) is 0 Å². The number of hydrogen-bond donors (Lipinski definition) is 0. The van der Waals surface area contributed by atoms with Crippen LogP contribution in [0.5, 0.6) is 0 Å². The normalized spacial score (nSPS) is 8.73. The molecule has 0 aliphatic carbocycles. The monoisotopic (exact) mass is 203 g/mol. The molecule has 15 heavy (non-hydrogen) atoms. The molecule has 5 heteroatoms.